The van der Waals surface area contributed by atoms with E-state index in [0.717, 1.165) is 11.3 Å². The molecule has 0 spiro atoms. The van der Waals surface area contributed by atoms with Crippen LogP contribution in [0, 0.1) is 5.82 Å². The van der Waals surface area contributed by atoms with Gasteiger partial charge in [-0.25, -0.2) is 9.37 Å². The zero-order valence-electron chi connectivity index (χ0n) is 17.2. The molecule has 0 bridgehead atoms. The van der Waals surface area contributed by atoms with Crippen molar-refractivity contribution >= 4 is 44.1 Å². The highest BCUT2D eigenvalue weighted by Crippen LogP contribution is 2.44. The number of hydrogen-bond donors (Lipinski definition) is 1. The molecule has 1 amide bonds. The number of fused-ring (bicyclic) bond motifs is 1. The highest BCUT2D eigenvalue weighted by atomic mass is 32.1. The number of benzene rings is 2. The van der Waals surface area contributed by atoms with Crippen molar-refractivity contribution in [3.05, 3.63) is 89.5 Å². The van der Waals surface area contributed by atoms with E-state index in [1.165, 1.54) is 42.6 Å². The van der Waals surface area contributed by atoms with Crippen LogP contribution in [0.1, 0.15) is 17.2 Å². The second-order valence-corrected chi connectivity index (χ2v) is 8.30. The first kappa shape index (κ1) is 20.8. The van der Waals surface area contributed by atoms with Gasteiger partial charge in [0.25, 0.3) is 5.78 Å². The first-order valence-electron chi connectivity index (χ1n) is 9.89. The number of hydrogen-bond acceptors (Lipinski definition) is 7. The van der Waals surface area contributed by atoms with Gasteiger partial charge in [0.15, 0.2) is 5.13 Å². The molecule has 0 radical (unpaired) electrons. The molecule has 1 saturated heterocycles. The fourth-order valence-corrected chi connectivity index (χ4v) is 4.82. The van der Waals surface area contributed by atoms with Gasteiger partial charge in [0, 0.05) is 18.0 Å². The van der Waals surface area contributed by atoms with Gasteiger partial charge >= 0.3 is 5.91 Å². The summed E-state index contributed by atoms with van der Waals surface area (Å²) in [6.45, 7) is 0. The normalized spacial score (nSPS) is 17.6. The molecule has 164 valence electrons. The van der Waals surface area contributed by atoms with Crippen LogP contribution in [0.4, 0.5) is 9.52 Å². The molecule has 5 rings (SSSR count). The Morgan fingerprint density at radius 3 is 2.67 bits per heavy atom. The van der Waals surface area contributed by atoms with Gasteiger partial charge < -0.3 is 9.84 Å². The van der Waals surface area contributed by atoms with Crippen LogP contribution in [-0.2, 0) is 9.59 Å². The first-order valence-corrected chi connectivity index (χ1v) is 10.7. The van der Waals surface area contributed by atoms with E-state index in [4.69, 9.17) is 4.74 Å². The minimum Gasteiger partial charge on any atom is -0.507 e. The average molecular weight is 461 g/mol. The monoisotopic (exact) mass is 461 g/mol. The summed E-state index contributed by atoms with van der Waals surface area (Å²) in [5.41, 5.74) is 1.32. The summed E-state index contributed by atoms with van der Waals surface area (Å²) < 4.78 is 19.5. The number of carbonyl (C=O) groups is 2. The van der Waals surface area contributed by atoms with Crippen LogP contribution in [0.5, 0.6) is 5.75 Å². The maximum absolute atomic E-state index is 13.7. The van der Waals surface area contributed by atoms with Crippen LogP contribution in [0.2, 0.25) is 0 Å². The Morgan fingerprint density at radius 1 is 1.12 bits per heavy atom. The quantitative estimate of drug-likeness (QED) is 0.274. The summed E-state index contributed by atoms with van der Waals surface area (Å²) in [4.78, 5) is 36.1. The average Bonchev–Trinajstić information content (AvgIpc) is 3.37. The number of anilines is 1. The molecule has 1 atom stereocenters. The van der Waals surface area contributed by atoms with E-state index in [2.05, 4.69) is 9.97 Å². The van der Waals surface area contributed by atoms with Gasteiger partial charge in [0.1, 0.15) is 17.3 Å². The fourth-order valence-electron chi connectivity index (χ4n) is 3.81. The Kier molecular flexibility index (Phi) is 5.10. The van der Waals surface area contributed by atoms with Crippen LogP contribution in [0.15, 0.2) is 72.6 Å². The molecule has 7 nitrogen and oxygen atoms in total. The zero-order chi connectivity index (χ0) is 23.1. The number of carbonyl (C=O) groups excluding carboxylic acids is 2. The van der Waals surface area contributed by atoms with Gasteiger partial charge in [-0.05, 0) is 48.0 Å². The van der Waals surface area contributed by atoms with Crippen molar-refractivity contribution in [2.45, 2.75) is 6.04 Å². The lowest BCUT2D eigenvalue weighted by Gasteiger charge is -2.22. The third-order valence-corrected chi connectivity index (χ3v) is 6.37. The minimum atomic E-state index is -0.940. The molecule has 9 heteroatoms. The van der Waals surface area contributed by atoms with Gasteiger partial charge in [0.05, 0.1) is 28.9 Å². The molecule has 3 heterocycles. The van der Waals surface area contributed by atoms with Gasteiger partial charge in [-0.3, -0.25) is 19.5 Å². The molecule has 33 heavy (non-hydrogen) atoms. The summed E-state index contributed by atoms with van der Waals surface area (Å²) >= 11 is 1.09. The number of halogens is 1. The molecule has 1 aliphatic rings. The summed E-state index contributed by atoms with van der Waals surface area (Å²) in [6.07, 6.45) is 3.07. The molecule has 1 unspecified atom stereocenters. The Morgan fingerprint density at radius 2 is 1.91 bits per heavy atom. The van der Waals surface area contributed by atoms with Crippen molar-refractivity contribution in [1.29, 1.82) is 0 Å². The summed E-state index contributed by atoms with van der Waals surface area (Å²) in [7, 11) is 1.49. The van der Waals surface area contributed by atoms with E-state index in [9.17, 15) is 19.1 Å². The lowest BCUT2D eigenvalue weighted by molar-refractivity contribution is -0.132. The summed E-state index contributed by atoms with van der Waals surface area (Å²) in [5, 5.41) is 11.4. The van der Waals surface area contributed by atoms with Gasteiger partial charge in [-0.15, -0.1) is 0 Å². The van der Waals surface area contributed by atoms with Crippen molar-refractivity contribution in [1.82, 2.24) is 9.97 Å². The molecular formula is C24H16FN3O4S. The number of pyridine rings is 1. The maximum Gasteiger partial charge on any atom is 0.301 e. The SMILES string of the molecule is COc1cccc(C(O)=C2C(=O)C(=O)N(c3nc4ccc(F)cc4s3)C2c2ccncc2)c1. The molecule has 1 fully saturated rings. The molecule has 0 saturated carbocycles. The molecule has 2 aromatic heterocycles. The number of aliphatic hydroxyl groups excluding tert-OH is 1. The second kappa shape index (κ2) is 8.10. The van der Waals surface area contributed by atoms with Gasteiger partial charge in [-0.2, -0.15) is 0 Å². The van der Waals surface area contributed by atoms with Crippen LogP contribution in [-0.4, -0.2) is 33.9 Å². The third-order valence-electron chi connectivity index (χ3n) is 5.35. The van der Waals surface area contributed by atoms with Crippen molar-refractivity contribution < 1.29 is 23.8 Å². The van der Waals surface area contributed by atoms with Gasteiger partial charge in [0.2, 0.25) is 0 Å². The van der Waals surface area contributed by atoms with Crippen LogP contribution < -0.4 is 9.64 Å². The third kappa shape index (κ3) is 3.52. The molecule has 4 aromatic rings. The van der Waals surface area contributed by atoms with Crippen LogP contribution in [0.25, 0.3) is 16.0 Å². The molecular weight excluding hydrogens is 445 g/mol. The topological polar surface area (TPSA) is 92.6 Å². The molecule has 1 aliphatic heterocycles. The van der Waals surface area contributed by atoms with Crippen molar-refractivity contribution in [2.24, 2.45) is 0 Å². The maximum atomic E-state index is 13.7. The highest BCUT2D eigenvalue weighted by molar-refractivity contribution is 7.22. The number of aliphatic hydroxyl groups is 1. The number of rotatable bonds is 4. The smallest absolute Gasteiger partial charge is 0.301 e. The number of amides is 1. The number of ether oxygens (including phenoxy) is 1. The molecule has 2 aromatic carbocycles. The number of thiazole rings is 1. The minimum absolute atomic E-state index is 0.0788. The first-order chi connectivity index (χ1) is 16.0. The highest BCUT2D eigenvalue weighted by Gasteiger charge is 2.48. The van der Waals surface area contributed by atoms with Crippen LogP contribution >= 0.6 is 11.3 Å². The van der Waals surface area contributed by atoms with E-state index < -0.39 is 23.5 Å². The van der Waals surface area contributed by atoms with Crippen molar-refractivity contribution in [3.8, 4) is 5.75 Å². The molecule has 0 aliphatic carbocycles. The largest absolute Gasteiger partial charge is 0.507 e. The number of nitrogens with zero attached hydrogens (tertiary/aromatic N) is 3. The lowest BCUT2D eigenvalue weighted by atomic mass is 9.96. The Bertz CT molecular complexity index is 1430. The standard InChI is InChI=1S/C24H16FN3O4S/c1-32-16-4-2-3-14(11-16)21(29)19-20(13-7-9-26-10-8-13)28(23(31)22(19)30)24-27-17-6-5-15(25)12-18(17)33-24/h2-12,20,29H,1H3. The predicted molar refractivity (Wildman–Crippen MR) is 122 cm³/mol. The second-order valence-electron chi connectivity index (χ2n) is 7.29. The fraction of sp³-hybridized carbons (Fsp3) is 0.0833. The summed E-state index contributed by atoms with van der Waals surface area (Å²) in [5.74, 6) is -1.95. The Balaban J connectivity index is 1.72. The van der Waals surface area contributed by atoms with Crippen molar-refractivity contribution in [3.63, 3.8) is 0 Å². The number of aromatic nitrogens is 2. The van der Waals surface area contributed by atoms with Gasteiger partial charge in [-0.1, -0.05) is 23.5 Å². The molecule has 1 N–H and O–H groups in total. The Hall–Kier alpha value is -4.11. The Labute approximate surface area is 191 Å². The predicted octanol–water partition coefficient (Wildman–Crippen LogP) is 4.47. The number of methoxy groups -OCH3 is 1. The zero-order valence-corrected chi connectivity index (χ0v) is 18.0. The van der Waals surface area contributed by atoms with Crippen molar-refractivity contribution in [2.75, 3.05) is 12.0 Å². The van der Waals surface area contributed by atoms with Crippen LogP contribution in [0.3, 0.4) is 0 Å². The van der Waals surface area contributed by atoms with E-state index in [1.807, 2.05) is 0 Å². The number of ketones is 1. The van der Waals surface area contributed by atoms with E-state index >= 15 is 0 Å². The number of Topliss-reactive ketones (excluding diaryl/α,β-unsaturated/α-hetero) is 1. The van der Waals surface area contributed by atoms with E-state index in [-0.39, 0.29) is 16.5 Å². The van der Waals surface area contributed by atoms with E-state index in [1.54, 1.807) is 36.4 Å². The van der Waals surface area contributed by atoms with E-state index in [0.29, 0.717) is 27.1 Å². The summed E-state index contributed by atoms with van der Waals surface area (Å²) in [6, 6.07) is 13.1. The lowest BCUT2D eigenvalue weighted by Crippen LogP contribution is -2.29.